The fraction of sp³-hybridized carbons (Fsp3) is 0.333. The minimum atomic E-state index is -1.02. The van der Waals surface area contributed by atoms with Gasteiger partial charge in [-0.2, -0.15) is 0 Å². The largest absolute Gasteiger partial charge is 0.493 e. The van der Waals surface area contributed by atoms with Crippen LogP contribution in [0.25, 0.3) is 11.5 Å². The van der Waals surface area contributed by atoms with E-state index in [1.165, 1.54) is 6.07 Å². The Labute approximate surface area is 177 Å². The molecule has 1 N–H and O–H groups in total. The summed E-state index contributed by atoms with van der Waals surface area (Å²) in [5.41, 5.74) is 1.89. The van der Waals surface area contributed by atoms with Gasteiger partial charge in [-0.3, -0.25) is 0 Å². The van der Waals surface area contributed by atoms with E-state index in [-0.39, 0.29) is 5.56 Å². The SMILES string of the molecule is CC.CCCOc1cc(OCCc2nc(-c3ccccc3)oc2C)ccc1C(=O)O. The summed E-state index contributed by atoms with van der Waals surface area (Å²) >= 11 is 0. The topological polar surface area (TPSA) is 81.8 Å². The molecule has 0 spiro atoms. The Hall–Kier alpha value is -3.28. The normalized spacial score (nSPS) is 10.1. The van der Waals surface area contributed by atoms with Gasteiger partial charge in [-0.1, -0.05) is 39.0 Å². The molecule has 0 unspecified atom stereocenters. The average molecular weight is 411 g/mol. The molecule has 3 aromatic rings. The number of ether oxygens (including phenoxy) is 2. The molecule has 0 aliphatic rings. The van der Waals surface area contributed by atoms with E-state index in [0.717, 1.165) is 23.4 Å². The van der Waals surface area contributed by atoms with Crippen LogP contribution in [0.15, 0.2) is 52.9 Å². The lowest BCUT2D eigenvalue weighted by molar-refractivity contribution is 0.0692. The Morgan fingerprint density at radius 2 is 1.80 bits per heavy atom. The summed E-state index contributed by atoms with van der Waals surface area (Å²) in [7, 11) is 0. The first-order valence-corrected chi connectivity index (χ1v) is 10.2. The van der Waals surface area contributed by atoms with Crippen LogP contribution < -0.4 is 9.47 Å². The van der Waals surface area contributed by atoms with Crippen molar-refractivity contribution in [1.82, 2.24) is 4.98 Å². The maximum atomic E-state index is 11.3. The highest BCUT2D eigenvalue weighted by Crippen LogP contribution is 2.26. The Morgan fingerprint density at radius 1 is 1.07 bits per heavy atom. The number of aromatic nitrogens is 1. The molecule has 0 saturated carbocycles. The summed E-state index contributed by atoms with van der Waals surface area (Å²) in [5.74, 6) is 1.20. The van der Waals surface area contributed by atoms with Gasteiger partial charge >= 0.3 is 5.97 Å². The van der Waals surface area contributed by atoms with Gasteiger partial charge < -0.3 is 19.0 Å². The number of benzene rings is 2. The number of carbonyl (C=O) groups is 1. The van der Waals surface area contributed by atoms with Crippen molar-refractivity contribution in [3.8, 4) is 23.0 Å². The van der Waals surface area contributed by atoms with E-state index >= 15 is 0 Å². The second-order valence-electron chi connectivity index (χ2n) is 6.30. The standard InChI is InChI=1S/C22H23NO5.C2H6/c1-3-12-27-20-14-17(9-10-18(20)22(24)25)26-13-11-19-15(2)28-21(23-19)16-7-5-4-6-8-16;1-2/h4-10,14H,3,11-13H2,1-2H3,(H,24,25);1-2H3. The first-order valence-electron chi connectivity index (χ1n) is 10.2. The van der Waals surface area contributed by atoms with Gasteiger partial charge in [0.25, 0.3) is 0 Å². The zero-order chi connectivity index (χ0) is 21.9. The third kappa shape index (κ3) is 6.11. The average Bonchev–Trinajstić information content (AvgIpc) is 3.15. The molecule has 0 fully saturated rings. The summed E-state index contributed by atoms with van der Waals surface area (Å²) in [6.07, 6.45) is 1.37. The third-order valence-corrected chi connectivity index (χ3v) is 4.17. The molecular formula is C24H29NO5. The highest BCUT2D eigenvalue weighted by Gasteiger charge is 2.14. The third-order valence-electron chi connectivity index (χ3n) is 4.17. The number of carboxylic acids is 1. The van der Waals surface area contributed by atoms with Crippen LogP contribution in [0.1, 0.15) is 49.0 Å². The van der Waals surface area contributed by atoms with Crippen molar-refractivity contribution < 1.29 is 23.8 Å². The van der Waals surface area contributed by atoms with Gasteiger partial charge in [0.05, 0.1) is 18.9 Å². The smallest absolute Gasteiger partial charge is 0.339 e. The van der Waals surface area contributed by atoms with Crippen LogP contribution in [-0.4, -0.2) is 29.3 Å². The summed E-state index contributed by atoms with van der Waals surface area (Å²) in [6.45, 7) is 8.68. The van der Waals surface area contributed by atoms with Gasteiger partial charge in [-0.25, -0.2) is 9.78 Å². The van der Waals surface area contributed by atoms with Crippen LogP contribution in [0.4, 0.5) is 0 Å². The molecule has 0 bridgehead atoms. The number of hydrogen-bond acceptors (Lipinski definition) is 5. The minimum absolute atomic E-state index is 0.126. The Kier molecular flexibility index (Phi) is 8.94. The molecule has 0 atom stereocenters. The Morgan fingerprint density at radius 3 is 2.47 bits per heavy atom. The van der Waals surface area contributed by atoms with Crippen molar-refractivity contribution in [2.24, 2.45) is 0 Å². The highest BCUT2D eigenvalue weighted by molar-refractivity contribution is 5.91. The maximum Gasteiger partial charge on any atom is 0.339 e. The van der Waals surface area contributed by atoms with E-state index in [4.69, 9.17) is 13.9 Å². The fourth-order valence-electron chi connectivity index (χ4n) is 2.73. The molecule has 1 aromatic heterocycles. The van der Waals surface area contributed by atoms with Crippen molar-refractivity contribution in [3.63, 3.8) is 0 Å². The van der Waals surface area contributed by atoms with Gasteiger partial charge in [0, 0.05) is 18.1 Å². The molecule has 30 heavy (non-hydrogen) atoms. The van der Waals surface area contributed by atoms with Crippen molar-refractivity contribution in [2.75, 3.05) is 13.2 Å². The van der Waals surface area contributed by atoms with Crippen LogP contribution in [-0.2, 0) is 6.42 Å². The first kappa shape index (κ1) is 23.0. The molecule has 160 valence electrons. The van der Waals surface area contributed by atoms with Crippen LogP contribution in [0, 0.1) is 6.92 Å². The van der Waals surface area contributed by atoms with Crippen molar-refractivity contribution >= 4 is 5.97 Å². The lowest BCUT2D eigenvalue weighted by Crippen LogP contribution is -2.06. The van der Waals surface area contributed by atoms with E-state index in [1.807, 2.05) is 58.0 Å². The van der Waals surface area contributed by atoms with Crippen molar-refractivity contribution in [1.29, 1.82) is 0 Å². The molecular weight excluding hydrogens is 382 g/mol. The molecule has 0 aliphatic heterocycles. The first-order chi connectivity index (χ1) is 14.6. The van der Waals surface area contributed by atoms with Gasteiger partial charge in [-0.05, 0) is 37.6 Å². The van der Waals surface area contributed by atoms with Crippen LogP contribution >= 0.6 is 0 Å². The van der Waals surface area contributed by atoms with Gasteiger partial charge in [0.15, 0.2) is 0 Å². The fourth-order valence-corrected chi connectivity index (χ4v) is 2.73. The van der Waals surface area contributed by atoms with E-state index in [0.29, 0.717) is 37.0 Å². The van der Waals surface area contributed by atoms with Gasteiger partial charge in [0.2, 0.25) is 5.89 Å². The highest BCUT2D eigenvalue weighted by atomic mass is 16.5. The number of nitrogens with zero attached hydrogens (tertiary/aromatic N) is 1. The summed E-state index contributed by atoms with van der Waals surface area (Å²) in [6, 6.07) is 14.5. The van der Waals surface area contributed by atoms with Crippen LogP contribution in [0.5, 0.6) is 11.5 Å². The molecule has 0 saturated heterocycles. The molecule has 1 heterocycles. The number of aryl methyl sites for hydroxylation is 1. The summed E-state index contributed by atoms with van der Waals surface area (Å²) in [5, 5.41) is 9.27. The molecule has 6 heteroatoms. The second kappa shape index (κ2) is 11.7. The van der Waals surface area contributed by atoms with Gasteiger partial charge in [0.1, 0.15) is 22.8 Å². The monoisotopic (exact) mass is 411 g/mol. The lowest BCUT2D eigenvalue weighted by atomic mass is 10.2. The Bertz CT molecular complexity index is 934. The Balaban J connectivity index is 0.00000155. The lowest BCUT2D eigenvalue weighted by Gasteiger charge is -2.11. The predicted octanol–water partition coefficient (Wildman–Crippen LogP) is 5.78. The molecule has 0 amide bonds. The second-order valence-corrected chi connectivity index (χ2v) is 6.30. The molecule has 2 aromatic carbocycles. The maximum absolute atomic E-state index is 11.3. The zero-order valence-corrected chi connectivity index (χ0v) is 18.0. The van der Waals surface area contributed by atoms with E-state index < -0.39 is 5.97 Å². The number of aromatic carboxylic acids is 1. The zero-order valence-electron chi connectivity index (χ0n) is 18.0. The van der Waals surface area contributed by atoms with E-state index in [2.05, 4.69) is 4.98 Å². The molecule has 0 radical (unpaired) electrons. The summed E-state index contributed by atoms with van der Waals surface area (Å²) in [4.78, 5) is 15.9. The molecule has 0 aliphatic carbocycles. The summed E-state index contributed by atoms with van der Waals surface area (Å²) < 4.78 is 17.1. The van der Waals surface area contributed by atoms with E-state index in [9.17, 15) is 9.90 Å². The van der Waals surface area contributed by atoms with Crippen LogP contribution in [0.2, 0.25) is 0 Å². The number of rotatable bonds is 9. The number of carboxylic acid groups (broad SMARTS) is 1. The van der Waals surface area contributed by atoms with Gasteiger partial charge in [-0.15, -0.1) is 0 Å². The number of hydrogen-bond donors (Lipinski definition) is 1. The number of oxazole rings is 1. The quantitative estimate of drug-likeness (QED) is 0.480. The predicted molar refractivity (Wildman–Crippen MR) is 116 cm³/mol. The minimum Gasteiger partial charge on any atom is -0.493 e. The molecule has 3 rings (SSSR count). The van der Waals surface area contributed by atoms with Crippen molar-refractivity contribution in [2.45, 2.75) is 40.5 Å². The van der Waals surface area contributed by atoms with E-state index in [1.54, 1.807) is 12.1 Å². The van der Waals surface area contributed by atoms with Crippen molar-refractivity contribution in [3.05, 3.63) is 65.5 Å². The van der Waals surface area contributed by atoms with Crippen LogP contribution in [0.3, 0.4) is 0 Å². The molecule has 6 nitrogen and oxygen atoms in total.